The van der Waals surface area contributed by atoms with Gasteiger partial charge in [0.1, 0.15) is 16.9 Å². The summed E-state index contributed by atoms with van der Waals surface area (Å²) in [6, 6.07) is 3.99. The lowest BCUT2D eigenvalue weighted by Gasteiger charge is -2.26. The van der Waals surface area contributed by atoms with Crippen molar-refractivity contribution in [1.82, 2.24) is 0 Å². The van der Waals surface area contributed by atoms with Crippen LogP contribution in [0, 0.1) is 10.1 Å². The molecule has 1 aliphatic rings. The molecule has 0 saturated carbocycles. The molecule has 1 fully saturated rings. The van der Waals surface area contributed by atoms with E-state index in [1.54, 1.807) is 6.92 Å². The van der Waals surface area contributed by atoms with Gasteiger partial charge in [0.2, 0.25) is 0 Å². The van der Waals surface area contributed by atoms with Gasteiger partial charge in [-0.2, -0.15) is 0 Å². The molecule has 0 spiro atoms. The minimum Gasteiger partial charge on any atom is -0.477 e. The minimum absolute atomic E-state index is 0.0398. The van der Waals surface area contributed by atoms with Crippen LogP contribution in [-0.2, 0) is 4.74 Å². The van der Waals surface area contributed by atoms with Gasteiger partial charge in [0.15, 0.2) is 0 Å². The molecule has 1 aromatic carbocycles. The van der Waals surface area contributed by atoms with Crippen molar-refractivity contribution in [3.05, 3.63) is 33.9 Å². The second kappa shape index (κ2) is 5.66. The molecule has 0 aliphatic carbocycles. The summed E-state index contributed by atoms with van der Waals surface area (Å²) in [4.78, 5) is 21.4. The molecule has 1 heterocycles. The van der Waals surface area contributed by atoms with E-state index >= 15 is 0 Å². The summed E-state index contributed by atoms with van der Waals surface area (Å²) >= 11 is 0. The Morgan fingerprint density at radius 3 is 2.86 bits per heavy atom. The lowest BCUT2D eigenvalue weighted by Crippen LogP contribution is -2.43. The number of aromatic carboxylic acids is 1. The van der Waals surface area contributed by atoms with Gasteiger partial charge < -0.3 is 20.3 Å². The van der Waals surface area contributed by atoms with Crippen LogP contribution in [0.1, 0.15) is 23.7 Å². The van der Waals surface area contributed by atoms with Gasteiger partial charge in [-0.3, -0.25) is 10.1 Å². The van der Waals surface area contributed by atoms with Crippen molar-refractivity contribution in [2.45, 2.75) is 25.0 Å². The molecule has 1 saturated heterocycles. The van der Waals surface area contributed by atoms with E-state index in [1.165, 1.54) is 18.2 Å². The summed E-state index contributed by atoms with van der Waals surface area (Å²) < 4.78 is 5.28. The summed E-state index contributed by atoms with van der Waals surface area (Å²) in [5, 5.41) is 33.2. The third kappa shape index (κ3) is 2.96. The Balaban J connectivity index is 2.26. The first-order valence-corrected chi connectivity index (χ1v) is 6.44. The number of nitro benzene ring substituents is 1. The second-order valence-electron chi connectivity index (χ2n) is 4.98. The molecule has 1 aliphatic heterocycles. The van der Waals surface area contributed by atoms with Gasteiger partial charge in [0.25, 0.3) is 0 Å². The number of rotatable bonds is 5. The molecule has 21 heavy (non-hydrogen) atoms. The third-order valence-electron chi connectivity index (χ3n) is 3.69. The Morgan fingerprint density at radius 1 is 1.62 bits per heavy atom. The number of carbonyl (C=O) groups is 1. The van der Waals surface area contributed by atoms with Crippen molar-refractivity contribution in [3.63, 3.8) is 0 Å². The summed E-state index contributed by atoms with van der Waals surface area (Å²) in [5.74, 6) is -1.37. The smallest absolute Gasteiger partial charge is 0.342 e. The number of hydrogen-bond acceptors (Lipinski definition) is 6. The van der Waals surface area contributed by atoms with E-state index in [0.717, 1.165) is 0 Å². The maximum atomic E-state index is 11.1. The molecule has 0 radical (unpaired) electrons. The molecule has 8 nitrogen and oxygen atoms in total. The average molecular weight is 296 g/mol. The SMILES string of the molecule is CC1OCCC1(O)CNc1cccc(C(=O)O)c1[N+](=O)[O-]. The Hall–Kier alpha value is -2.19. The first-order valence-electron chi connectivity index (χ1n) is 6.44. The zero-order valence-electron chi connectivity index (χ0n) is 11.4. The van der Waals surface area contributed by atoms with E-state index in [-0.39, 0.29) is 12.2 Å². The fourth-order valence-corrected chi connectivity index (χ4v) is 2.31. The normalized spacial score (nSPS) is 24.8. The first-order chi connectivity index (χ1) is 9.85. The highest BCUT2D eigenvalue weighted by Gasteiger charge is 2.39. The molecule has 2 unspecified atom stereocenters. The number of benzene rings is 1. The molecule has 1 aromatic rings. The molecular formula is C13H16N2O6. The molecule has 2 rings (SSSR count). The van der Waals surface area contributed by atoms with E-state index in [0.29, 0.717) is 13.0 Å². The predicted molar refractivity (Wildman–Crippen MR) is 73.5 cm³/mol. The van der Waals surface area contributed by atoms with Gasteiger partial charge in [-0.05, 0) is 19.1 Å². The standard InChI is InChI=1S/C13H16N2O6/c1-8-13(18,5-6-21-8)7-14-10-4-2-3-9(12(16)17)11(10)15(19)20/h2-4,8,14,18H,5-7H2,1H3,(H,16,17). The maximum absolute atomic E-state index is 11.1. The van der Waals surface area contributed by atoms with Crippen LogP contribution in [0.3, 0.4) is 0 Å². The molecule has 2 atom stereocenters. The Morgan fingerprint density at radius 2 is 2.33 bits per heavy atom. The fraction of sp³-hybridized carbons (Fsp3) is 0.462. The van der Waals surface area contributed by atoms with Gasteiger partial charge >= 0.3 is 11.7 Å². The van der Waals surface area contributed by atoms with Crippen LogP contribution in [-0.4, -0.2) is 46.0 Å². The van der Waals surface area contributed by atoms with Gasteiger partial charge in [0, 0.05) is 19.6 Å². The summed E-state index contributed by atoms with van der Waals surface area (Å²) in [6.45, 7) is 2.17. The third-order valence-corrected chi connectivity index (χ3v) is 3.69. The van der Waals surface area contributed by atoms with Crippen LogP contribution < -0.4 is 5.32 Å². The largest absolute Gasteiger partial charge is 0.477 e. The average Bonchev–Trinajstić information content (AvgIpc) is 2.76. The molecular weight excluding hydrogens is 280 g/mol. The van der Waals surface area contributed by atoms with E-state index in [9.17, 15) is 20.0 Å². The maximum Gasteiger partial charge on any atom is 0.342 e. The molecule has 3 N–H and O–H groups in total. The monoisotopic (exact) mass is 296 g/mol. The lowest BCUT2D eigenvalue weighted by molar-refractivity contribution is -0.384. The number of hydrogen-bond donors (Lipinski definition) is 3. The van der Waals surface area contributed by atoms with E-state index < -0.39 is 33.8 Å². The molecule has 0 amide bonds. The predicted octanol–water partition coefficient (Wildman–Crippen LogP) is 1.24. The molecule has 0 bridgehead atoms. The van der Waals surface area contributed by atoms with Crippen molar-refractivity contribution in [2.75, 3.05) is 18.5 Å². The van der Waals surface area contributed by atoms with E-state index in [2.05, 4.69) is 5.32 Å². The number of para-hydroxylation sites is 1. The zero-order valence-corrected chi connectivity index (χ0v) is 11.4. The van der Waals surface area contributed by atoms with Gasteiger partial charge in [-0.25, -0.2) is 4.79 Å². The zero-order chi connectivity index (χ0) is 15.6. The second-order valence-corrected chi connectivity index (χ2v) is 4.98. The minimum atomic E-state index is -1.37. The van der Waals surface area contributed by atoms with Crippen LogP contribution in [0.5, 0.6) is 0 Å². The number of nitrogens with one attached hydrogen (secondary N) is 1. The van der Waals surface area contributed by atoms with Crippen molar-refractivity contribution < 1.29 is 24.7 Å². The number of anilines is 1. The fourth-order valence-electron chi connectivity index (χ4n) is 2.31. The highest BCUT2D eigenvalue weighted by Crippen LogP contribution is 2.31. The number of carboxylic acid groups (broad SMARTS) is 1. The molecule has 8 heteroatoms. The van der Waals surface area contributed by atoms with Crippen molar-refractivity contribution in [2.24, 2.45) is 0 Å². The topological polar surface area (TPSA) is 122 Å². The number of nitrogens with zero attached hydrogens (tertiary/aromatic N) is 1. The summed E-state index contributed by atoms with van der Waals surface area (Å²) in [7, 11) is 0. The van der Waals surface area contributed by atoms with Gasteiger partial charge in [-0.1, -0.05) is 6.07 Å². The Kier molecular flexibility index (Phi) is 4.10. The summed E-state index contributed by atoms with van der Waals surface area (Å²) in [6.07, 6.45) is 0.0137. The highest BCUT2D eigenvalue weighted by molar-refractivity contribution is 5.95. The number of ether oxygens (including phenoxy) is 1. The van der Waals surface area contributed by atoms with Crippen molar-refractivity contribution >= 4 is 17.3 Å². The van der Waals surface area contributed by atoms with Crippen molar-refractivity contribution in [3.8, 4) is 0 Å². The van der Waals surface area contributed by atoms with Gasteiger partial charge in [0.05, 0.1) is 11.0 Å². The quantitative estimate of drug-likeness (QED) is 0.552. The summed E-state index contributed by atoms with van der Waals surface area (Å²) in [5.41, 5.74) is -1.98. The number of nitro groups is 1. The van der Waals surface area contributed by atoms with Crippen molar-refractivity contribution in [1.29, 1.82) is 0 Å². The Bertz CT molecular complexity index is 576. The van der Waals surface area contributed by atoms with Crippen LogP contribution >= 0.6 is 0 Å². The van der Waals surface area contributed by atoms with E-state index in [1.807, 2.05) is 0 Å². The lowest BCUT2D eigenvalue weighted by atomic mass is 9.96. The van der Waals surface area contributed by atoms with Crippen LogP contribution in [0.25, 0.3) is 0 Å². The van der Waals surface area contributed by atoms with Crippen LogP contribution in [0.4, 0.5) is 11.4 Å². The first kappa shape index (κ1) is 15.2. The van der Waals surface area contributed by atoms with Crippen LogP contribution in [0.2, 0.25) is 0 Å². The van der Waals surface area contributed by atoms with Gasteiger partial charge in [-0.15, -0.1) is 0 Å². The Labute approximate surface area is 120 Å². The van der Waals surface area contributed by atoms with Crippen LogP contribution in [0.15, 0.2) is 18.2 Å². The van der Waals surface area contributed by atoms with E-state index in [4.69, 9.17) is 9.84 Å². The highest BCUT2D eigenvalue weighted by atomic mass is 16.6. The molecule has 0 aromatic heterocycles. The number of carboxylic acids is 1. The molecule has 114 valence electrons. The number of aliphatic hydroxyl groups is 1.